The topological polar surface area (TPSA) is 16.1 Å². The average molecular weight is 346 g/mol. The first-order chi connectivity index (χ1) is 12.2. The molecule has 0 bridgehead atoms. The van der Waals surface area contributed by atoms with Gasteiger partial charge in [-0.1, -0.05) is 49.2 Å². The van der Waals surface area contributed by atoms with Crippen molar-refractivity contribution in [2.75, 3.05) is 13.6 Å². The van der Waals surface area contributed by atoms with Crippen molar-refractivity contribution < 1.29 is 0 Å². The van der Waals surface area contributed by atoms with Crippen molar-refractivity contribution in [1.82, 2.24) is 9.88 Å². The van der Waals surface area contributed by atoms with Crippen LogP contribution >= 0.6 is 11.3 Å². The highest BCUT2D eigenvalue weighted by Gasteiger charge is 2.07. The van der Waals surface area contributed by atoms with Gasteiger partial charge in [-0.2, -0.15) is 0 Å². The molecule has 0 radical (unpaired) electrons. The lowest BCUT2D eigenvalue weighted by Crippen LogP contribution is -2.18. The van der Waals surface area contributed by atoms with Crippen molar-refractivity contribution >= 4 is 11.3 Å². The predicted octanol–water partition coefficient (Wildman–Crippen LogP) is 5.30. The quantitative estimate of drug-likeness (QED) is 0.563. The largest absolute Gasteiger partial charge is 0.302 e. The summed E-state index contributed by atoms with van der Waals surface area (Å²) in [6.45, 7) is 4.31. The van der Waals surface area contributed by atoms with E-state index in [1.165, 1.54) is 12.0 Å². The van der Waals surface area contributed by atoms with Crippen LogP contribution in [0.25, 0.3) is 21.8 Å². The maximum Gasteiger partial charge on any atom is 0.124 e. The maximum atomic E-state index is 5.41. The molecule has 3 aromatic rings. The highest BCUT2D eigenvalue weighted by molar-refractivity contribution is 7.13. The summed E-state index contributed by atoms with van der Waals surface area (Å²) >= 11 is 1.66. The highest BCUT2D eigenvalue weighted by Crippen LogP contribution is 2.29. The van der Waals surface area contributed by atoms with E-state index in [0.717, 1.165) is 40.5 Å². The third kappa shape index (κ3) is 4.36. The minimum atomic E-state index is 0.893. The van der Waals surface area contributed by atoms with Gasteiger partial charge in [-0.05, 0) is 37.7 Å². The van der Waals surface area contributed by atoms with Crippen molar-refractivity contribution in [3.63, 3.8) is 0 Å². The van der Waals surface area contributed by atoms with Gasteiger partial charge >= 0.3 is 0 Å². The fraction of sp³-hybridized carbons (Fsp3) is 0.227. The van der Waals surface area contributed by atoms with E-state index in [-0.39, 0.29) is 0 Å². The Labute approximate surface area is 154 Å². The van der Waals surface area contributed by atoms with Gasteiger partial charge in [0.1, 0.15) is 5.01 Å². The van der Waals surface area contributed by atoms with Gasteiger partial charge < -0.3 is 4.90 Å². The zero-order chi connectivity index (χ0) is 17.6. The normalized spacial score (nSPS) is 10.8. The van der Waals surface area contributed by atoms with Crippen LogP contribution in [-0.2, 0) is 6.54 Å². The third-order valence-corrected chi connectivity index (χ3v) is 5.00. The molecule has 0 aliphatic heterocycles. The number of thiazole rings is 1. The Kier molecular flexibility index (Phi) is 5.65. The molecule has 0 fully saturated rings. The third-order valence-electron chi connectivity index (χ3n) is 4.11. The molecule has 3 rings (SSSR count). The summed E-state index contributed by atoms with van der Waals surface area (Å²) in [6, 6.07) is 16.7. The summed E-state index contributed by atoms with van der Waals surface area (Å²) < 4.78 is 0. The maximum absolute atomic E-state index is 5.41. The van der Waals surface area contributed by atoms with Crippen molar-refractivity contribution in [3.8, 4) is 34.2 Å². The van der Waals surface area contributed by atoms with E-state index in [9.17, 15) is 0 Å². The van der Waals surface area contributed by atoms with Gasteiger partial charge in [0.15, 0.2) is 0 Å². The summed E-state index contributed by atoms with van der Waals surface area (Å²) in [5.41, 5.74) is 5.51. The molecule has 2 nitrogen and oxygen atoms in total. The number of hydrogen-bond donors (Lipinski definition) is 0. The second kappa shape index (κ2) is 8.11. The first kappa shape index (κ1) is 17.4. The lowest BCUT2D eigenvalue weighted by molar-refractivity contribution is 0.327. The molecular weight excluding hydrogens is 324 g/mol. The molecular formula is C22H22N2S. The van der Waals surface area contributed by atoms with E-state index in [1.54, 1.807) is 11.3 Å². The van der Waals surface area contributed by atoms with Gasteiger partial charge in [0.25, 0.3) is 0 Å². The minimum Gasteiger partial charge on any atom is -0.302 e. The van der Waals surface area contributed by atoms with E-state index >= 15 is 0 Å². The van der Waals surface area contributed by atoms with Crippen LogP contribution in [0.5, 0.6) is 0 Å². The summed E-state index contributed by atoms with van der Waals surface area (Å²) in [4.78, 5) is 7.13. The molecule has 0 saturated heterocycles. The van der Waals surface area contributed by atoms with Gasteiger partial charge in [0.2, 0.25) is 0 Å². The summed E-state index contributed by atoms with van der Waals surface area (Å²) in [5, 5.41) is 3.13. The van der Waals surface area contributed by atoms with Crippen LogP contribution in [-0.4, -0.2) is 23.5 Å². The van der Waals surface area contributed by atoms with Crippen LogP contribution in [0, 0.1) is 12.3 Å². The smallest absolute Gasteiger partial charge is 0.124 e. The zero-order valence-corrected chi connectivity index (χ0v) is 15.5. The number of benzene rings is 2. The van der Waals surface area contributed by atoms with Gasteiger partial charge in [-0.15, -0.1) is 17.8 Å². The van der Waals surface area contributed by atoms with Gasteiger partial charge in [0.05, 0.1) is 5.69 Å². The van der Waals surface area contributed by atoms with Crippen LogP contribution in [0.15, 0.2) is 53.9 Å². The van der Waals surface area contributed by atoms with Crippen molar-refractivity contribution in [2.45, 2.75) is 19.9 Å². The van der Waals surface area contributed by atoms with Crippen LogP contribution in [0.1, 0.15) is 24.5 Å². The van der Waals surface area contributed by atoms with Crippen LogP contribution < -0.4 is 0 Å². The SMILES string of the molecule is C#Cc1ccc(-c2nc(-c3ccc(CN(C)CCC)cc3)cs2)cc1. The predicted molar refractivity (Wildman–Crippen MR) is 108 cm³/mol. The van der Waals surface area contributed by atoms with Crippen molar-refractivity contribution in [2.24, 2.45) is 0 Å². The Morgan fingerprint density at radius 2 is 1.72 bits per heavy atom. The van der Waals surface area contributed by atoms with E-state index in [1.807, 2.05) is 24.3 Å². The molecule has 1 aromatic heterocycles. The first-order valence-electron chi connectivity index (χ1n) is 8.50. The van der Waals surface area contributed by atoms with Gasteiger partial charge in [-0.25, -0.2) is 4.98 Å². The molecule has 0 amide bonds. The van der Waals surface area contributed by atoms with E-state index in [2.05, 4.69) is 54.4 Å². The van der Waals surface area contributed by atoms with Crippen LogP contribution in [0.4, 0.5) is 0 Å². The van der Waals surface area contributed by atoms with E-state index in [4.69, 9.17) is 11.4 Å². The molecule has 2 aromatic carbocycles. The zero-order valence-electron chi connectivity index (χ0n) is 14.7. The molecule has 0 saturated carbocycles. The highest BCUT2D eigenvalue weighted by atomic mass is 32.1. The van der Waals surface area contributed by atoms with Crippen LogP contribution in [0.3, 0.4) is 0 Å². The molecule has 0 N–H and O–H groups in total. The van der Waals surface area contributed by atoms with E-state index < -0.39 is 0 Å². The Morgan fingerprint density at radius 3 is 2.36 bits per heavy atom. The fourth-order valence-corrected chi connectivity index (χ4v) is 3.64. The molecule has 0 aliphatic carbocycles. The molecule has 25 heavy (non-hydrogen) atoms. The number of terminal acetylenes is 1. The number of aromatic nitrogens is 1. The Hall–Kier alpha value is -2.41. The molecule has 126 valence electrons. The van der Waals surface area contributed by atoms with E-state index in [0.29, 0.717) is 0 Å². The second-order valence-corrected chi connectivity index (χ2v) is 7.05. The summed E-state index contributed by atoms with van der Waals surface area (Å²) in [5.74, 6) is 2.64. The first-order valence-corrected chi connectivity index (χ1v) is 9.38. The molecule has 0 unspecified atom stereocenters. The minimum absolute atomic E-state index is 0.893. The molecule has 3 heteroatoms. The Bertz CT molecular complexity index is 854. The van der Waals surface area contributed by atoms with Crippen LogP contribution in [0.2, 0.25) is 0 Å². The Morgan fingerprint density at radius 1 is 1.04 bits per heavy atom. The van der Waals surface area contributed by atoms with Gasteiger partial charge in [-0.3, -0.25) is 0 Å². The number of nitrogens with zero attached hydrogens (tertiary/aromatic N) is 2. The fourth-order valence-electron chi connectivity index (χ4n) is 2.80. The van der Waals surface area contributed by atoms with Crippen molar-refractivity contribution in [3.05, 3.63) is 65.0 Å². The molecule has 0 aliphatic rings. The molecule has 0 atom stereocenters. The van der Waals surface area contributed by atoms with Crippen molar-refractivity contribution in [1.29, 1.82) is 0 Å². The summed E-state index contributed by atoms with van der Waals surface area (Å²) in [6.07, 6.45) is 6.59. The second-order valence-electron chi connectivity index (χ2n) is 6.19. The Balaban J connectivity index is 1.74. The molecule has 0 spiro atoms. The standard InChI is InChI=1S/C22H22N2S/c1-4-14-24(3)15-18-8-10-19(11-9-18)21-16-25-22(23-21)20-12-6-17(5-2)7-13-20/h2,6-13,16H,4,14-15H2,1,3H3. The number of rotatable bonds is 6. The monoisotopic (exact) mass is 346 g/mol. The van der Waals surface area contributed by atoms with Gasteiger partial charge in [0, 0.05) is 28.6 Å². The number of hydrogen-bond acceptors (Lipinski definition) is 3. The lowest BCUT2D eigenvalue weighted by atomic mass is 10.1. The average Bonchev–Trinajstić information content (AvgIpc) is 3.13. The lowest BCUT2D eigenvalue weighted by Gasteiger charge is -2.15. The molecule has 1 heterocycles. The summed E-state index contributed by atoms with van der Waals surface area (Å²) in [7, 11) is 2.16.